The molecule has 1 fully saturated rings. The van der Waals surface area contributed by atoms with Crippen molar-refractivity contribution in [3.8, 4) is 0 Å². The summed E-state index contributed by atoms with van der Waals surface area (Å²) in [6.45, 7) is 0.332. The molecule has 4 nitrogen and oxygen atoms in total. The highest BCUT2D eigenvalue weighted by molar-refractivity contribution is 5.74. The molecule has 2 atom stereocenters. The Balaban J connectivity index is 0.00000191. The number of carbonyl (C=O) groups is 1. The molecule has 1 rings (SSSR count). The van der Waals surface area contributed by atoms with Crippen LogP contribution in [0.15, 0.2) is 12.3 Å². The number of aliphatic hydroxyl groups excluding tert-OH is 1. The highest BCUT2D eigenvalue weighted by Crippen LogP contribution is 2.37. The lowest BCUT2D eigenvalue weighted by Crippen LogP contribution is -2.46. The van der Waals surface area contributed by atoms with Crippen molar-refractivity contribution in [3.63, 3.8) is 0 Å². The third-order valence-corrected chi connectivity index (χ3v) is 3.17. The summed E-state index contributed by atoms with van der Waals surface area (Å²) in [6, 6.07) is -0.882. The Hall–Kier alpha value is -1.47. The van der Waals surface area contributed by atoms with E-state index in [-0.39, 0.29) is 12.8 Å². The zero-order valence-corrected chi connectivity index (χ0v) is 11.9. The van der Waals surface area contributed by atoms with Gasteiger partial charge in [-0.1, -0.05) is 6.42 Å². The van der Waals surface area contributed by atoms with Crippen LogP contribution in [0.1, 0.15) is 32.1 Å². The van der Waals surface area contributed by atoms with E-state index in [2.05, 4.69) is 10.6 Å². The molecule has 0 heterocycles. The highest BCUT2D eigenvalue weighted by Gasteiger charge is 2.42. The number of aliphatic hydroxyl groups is 1. The van der Waals surface area contributed by atoms with Gasteiger partial charge in [0.2, 0.25) is 0 Å². The SMILES string of the molecule is CF.O=C(NCC/C=C/O)N[C@@H]1CCC[C@H](C(F)(F)F)C1. The van der Waals surface area contributed by atoms with Crippen molar-refractivity contribution in [2.45, 2.75) is 44.3 Å². The second-order valence-corrected chi connectivity index (χ2v) is 4.68. The first kappa shape index (κ1) is 19.5. The van der Waals surface area contributed by atoms with E-state index in [9.17, 15) is 22.4 Å². The maximum absolute atomic E-state index is 12.6. The summed E-state index contributed by atoms with van der Waals surface area (Å²) in [5.74, 6) is -1.32. The van der Waals surface area contributed by atoms with Crippen LogP contribution in [-0.2, 0) is 0 Å². The fraction of sp³-hybridized carbons (Fsp3) is 0.769. The molecule has 0 aliphatic heterocycles. The van der Waals surface area contributed by atoms with Crippen molar-refractivity contribution in [2.24, 2.45) is 5.92 Å². The predicted octanol–water partition coefficient (Wildman–Crippen LogP) is 3.45. The molecule has 124 valence electrons. The summed E-state index contributed by atoms with van der Waals surface area (Å²) >= 11 is 0. The van der Waals surface area contributed by atoms with Crippen LogP contribution in [0.25, 0.3) is 0 Å². The molecular weight excluding hydrogens is 292 g/mol. The first-order chi connectivity index (χ1) is 9.93. The van der Waals surface area contributed by atoms with E-state index in [4.69, 9.17) is 5.11 Å². The zero-order chi connectivity index (χ0) is 16.3. The molecule has 0 aromatic carbocycles. The molecule has 0 unspecified atom stereocenters. The second kappa shape index (κ2) is 10.3. The Morgan fingerprint density at radius 2 is 2.00 bits per heavy atom. The smallest absolute Gasteiger partial charge is 0.391 e. The van der Waals surface area contributed by atoms with E-state index in [0.29, 0.717) is 33.0 Å². The quantitative estimate of drug-likeness (QED) is 0.423. The molecule has 0 saturated heterocycles. The molecule has 0 aromatic heterocycles. The van der Waals surface area contributed by atoms with Gasteiger partial charge in [0.25, 0.3) is 0 Å². The summed E-state index contributed by atoms with van der Waals surface area (Å²) in [6.07, 6.45) is -0.200. The molecule has 0 aromatic rings. The van der Waals surface area contributed by atoms with E-state index in [0.717, 1.165) is 6.26 Å². The average molecular weight is 314 g/mol. The maximum Gasteiger partial charge on any atom is 0.391 e. The van der Waals surface area contributed by atoms with Gasteiger partial charge in [-0.3, -0.25) is 4.39 Å². The van der Waals surface area contributed by atoms with E-state index >= 15 is 0 Å². The number of carbonyl (C=O) groups excluding carboxylic acids is 1. The molecular formula is C13H22F4N2O2. The van der Waals surface area contributed by atoms with E-state index in [1.807, 2.05) is 0 Å². The molecule has 0 bridgehead atoms. The molecule has 1 aliphatic rings. The number of hydrogen-bond acceptors (Lipinski definition) is 2. The maximum atomic E-state index is 12.6. The molecule has 1 saturated carbocycles. The highest BCUT2D eigenvalue weighted by atomic mass is 19.4. The summed E-state index contributed by atoms with van der Waals surface area (Å²) in [7, 11) is 0.500. The molecule has 3 N–H and O–H groups in total. The average Bonchev–Trinajstić information content (AvgIpc) is 2.45. The van der Waals surface area contributed by atoms with E-state index < -0.39 is 24.2 Å². The monoisotopic (exact) mass is 314 g/mol. The van der Waals surface area contributed by atoms with Gasteiger partial charge in [-0.05, 0) is 31.8 Å². The van der Waals surface area contributed by atoms with Gasteiger partial charge >= 0.3 is 12.2 Å². The van der Waals surface area contributed by atoms with Crippen molar-refractivity contribution in [1.82, 2.24) is 10.6 Å². The van der Waals surface area contributed by atoms with Gasteiger partial charge in [-0.15, -0.1) is 0 Å². The van der Waals surface area contributed by atoms with Gasteiger partial charge < -0.3 is 15.7 Å². The Bertz CT molecular complexity index is 322. The van der Waals surface area contributed by atoms with Crippen LogP contribution in [0, 0.1) is 5.92 Å². The van der Waals surface area contributed by atoms with E-state index in [1.54, 1.807) is 0 Å². The van der Waals surface area contributed by atoms with Crippen LogP contribution in [0.3, 0.4) is 0 Å². The summed E-state index contributed by atoms with van der Waals surface area (Å²) in [5, 5.41) is 13.5. The fourth-order valence-electron chi connectivity index (χ4n) is 2.20. The van der Waals surface area contributed by atoms with Crippen LogP contribution < -0.4 is 10.6 Å². The molecule has 8 heteroatoms. The van der Waals surface area contributed by atoms with Crippen LogP contribution in [0.4, 0.5) is 22.4 Å². The fourth-order valence-corrected chi connectivity index (χ4v) is 2.20. The van der Waals surface area contributed by atoms with E-state index in [1.165, 1.54) is 6.08 Å². The van der Waals surface area contributed by atoms with Gasteiger partial charge in [0.1, 0.15) is 0 Å². The van der Waals surface area contributed by atoms with Gasteiger partial charge in [0.15, 0.2) is 0 Å². The third kappa shape index (κ3) is 8.41. The second-order valence-electron chi connectivity index (χ2n) is 4.68. The van der Waals surface area contributed by atoms with Crippen molar-refractivity contribution >= 4 is 6.03 Å². The lowest BCUT2D eigenvalue weighted by Gasteiger charge is -2.30. The summed E-state index contributed by atoms with van der Waals surface area (Å²) in [4.78, 5) is 11.4. The first-order valence-electron chi connectivity index (χ1n) is 6.71. The molecule has 21 heavy (non-hydrogen) atoms. The summed E-state index contributed by atoms with van der Waals surface area (Å²) in [5.41, 5.74) is 0. The predicted molar refractivity (Wildman–Crippen MR) is 71.8 cm³/mol. The van der Waals surface area contributed by atoms with Gasteiger partial charge in [-0.2, -0.15) is 13.2 Å². The third-order valence-electron chi connectivity index (χ3n) is 3.17. The Kier molecular flexibility index (Phi) is 9.56. The number of halogens is 4. The minimum atomic E-state index is -4.18. The lowest BCUT2D eigenvalue weighted by molar-refractivity contribution is -0.183. The number of hydrogen-bond donors (Lipinski definition) is 3. The number of alkyl halides is 4. The van der Waals surface area contributed by atoms with Crippen LogP contribution in [0.2, 0.25) is 0 Å². The van der Waals surface area contributed by atoms with Crippen molar-refractivity contribution < 1.29 is 27.5 Å². The minimum Gasteiger partial charge on any atom is -0.516 e. The first-order valence-corrected chi connectivity index (χ1v) is 6.71. The van der Waals surface area contributed by atoms with Crippen LogP contribution >= 0.6 is 0 Å². The standard InChI is InChI=1S/C12H19F3N2O2.CH3F/c13-12(14,15)9-4-3-5-10(8-9)17-11(19)16-6-1-2-7-18;1-2/h2,7,9-10,18H,1,3-6,8H2,(H2,16,17,19);1H3/b7-2+;/t9-,10+;/m0./s1. The number of amides is 2. The Morgan fingerprint density at radius 1 is 1.33 bits per heavy atom. The van der Waals surface area contributed by atoms with Crippen molar-refractivity contribution in [2.75, 3.05) is 13.7 Å². The number of urea groups is 1. The Labute approximate surface area is 121 Å². The van der Waals surface area contributed by atoms with Crippen molar-refractivity contribution in [1.29, 1.82) is 0 Å². The largest absolute Gasteiger partial charge is 0.516 e. The van der Waals surface area contributed by atoms with Crippen molar-refractivity contribution in [3.05, 3.63) is 12.3 Å². The van der Waals surface area contributed by atoms with Crippen LogP contribution in [-0.4, -0.2) is 37.1 Å². The van der Waals surface area contributed by atoms with Gasteiger partial charge in [0.05, 0.1) is 19.4 Å². The Morgan fingerprint density at radius 3 is 2.57 bits per heavy atom. The zero-order valence-electron chi connectivity index (χ0n) is 11.9. The minimum absolute atomic E-state index is 0.0482. The lowest BCUT2D eigenvalue weighted by atomic mass is 9.85. The molecule has 1 aliphatic carbocycles. The number of nitrogens with one attached hydrogen (secondary N) is 2. The summed E-state index contributed by atoms with van der Waals surface area (Å²) < 4.78 is 47.2. The molecule has 0 spiro atoms. The van der Waals surface area contributed by atoms with Gasteiger partial charge in [0, 0.05) is 12.6 Å². The molecule has 0 radical (unpaired) electrons. The normalized spacial score (nSPS) is 22.3. The van der Waals surface area contributed by atoms with Crippen LogP contribution in [0.5, 0.6) is 0 Å². The topological polar surface area (TPSA) is 61.4 Å². The molecule has 2 amide bonds. The van der Waals surface area contributed by atoms with Gasteiger partial charge in [-0.25, -0.2) is 4.79 Å². The number of rotatable bonds is 4.